The Kier molecular flexibility index (Phi) is 5.56. The van der Waals surface area contributed by atoms with Crippen LogP contribution in [0.3, 0.4) is 0 Å². The van der Waals surface area contributed by atoms with E-state index < -0.39 is 0 Å². The van der Waals surface area contributed by atoms with Gasteiger partial charge in [-0.25, -0.2) is 4.98 Å². The molecule has 0 aromatic carbocycles. The van der Waals surface area contributed by atoms with E-state index in [0.717, 1.165) is 44.8 Å². The number of nitrogen functional groups attached to an aromatic ring is 1. The summed E-state index contributed by atoms with van der Waals surface area (Å²) in [6.07, 6.45) is 2.84. The van der Waals surface area contributed by atoms with Crippen molar-refractivity contribution in [3.05, 3.63) is 23.9 Å². The van der Waals surface area contributed by atoms with E-state index in [-0.39, 0.29) is 11.6 Å². The molecule has 2 rings (SSSR count). The summed E-state index contributed by atoms with van der Waals surface area (Å²) < 4.78 is 5.49. The monoisotopic (exact) mass is 292 g/mol. The Morgan fingerprint density at radius 1 is 1.43 bits per heavy atom. The molecule has 1 saturated heterocycles. The van der Waals surface area contributed by atoms with Gasteiger partial charge in [0.05, 0.1) is 19.3 Å². The number of nitrogens with zero attached hydrogens (tertiary/aromatic N) is 2. The van der Waals surface area contributed by atoms with Crippen LogP contribution in [0.15, 0.2) is 18.3 Å². The lowest BCUT2D eigenvalue weighted by atomic mass is 9.86. The number of rotatable bonds is 6. The summed E-state index contributed by atoms with van der Waals surface area (Å²) in [6, 6.07) is 4.20. The molecule has 2 heterocycles. The van der Waals surface area contributed by atoms with Gasteiger partial charge in [0.15, 0.2) is 0 Å². The molecular weight excluding hydrogens is 264 g/mol. The van der Waals surface area contributed by atoms with Crippen LogP contribution in [-0.4, -0.2) is 48.3 Å². The van der Waals surface area contributed by atoms with E-state index in [1.807, 2.05) is 6.07 Å². The molecule has 1 fully saturated rings. The Labute approximate surface area is 127 Å². The third-order valence-electron chi connectivity index (χ3n) is 4.31. The first-order valence-corrected chi connectivity index (χ1v) is 7.84. The molecule has 0 aliphatic carbocycles. The Bertz CT molecular complexity index is 444. The molecule has 0 amide bonds. The Morgan fingerprint density at radius 2 is 2.14 bits per heavy atom. The van der Waals surface area contributed by atoms with Crippen LogP contribution in [0.2, 0.25) is 0 Å². The summed E-state index contributed by atoms with van der Waals surface area (Å²) in [5.74, 6) is 0.618. The van der Waals surface area contributed by atoms with Crippen molar-refractivity contribution in [1.29, 1.82) is 0 Å². The highest BCUT2D eigenvalue weighted by atomic mass is 16.5. The molecule has 1 unspecified atom stereocenters. The summed E-state index contributed by atoms with van der Waals surface area (Å²) >= 11 is 0. The fraction of sp³-hybridized carbons (Fsp3) is 0.688. The topological polar surface area (TPSA) is 63.4 Å². The van der Waals surface area contributed by atoms with Crippen LogP contribution in [0.25, 0.3) is 0 Å². The molecule has 1 aliphatic heterocycles. The van der Waals surface area contributed by atoms with E-state index in [9.17, 15) is 0 Å². The van der Waals surface area contributed by atoms with Gasteiger partial charge in [0.2, 0.25) is 0 Å². The van der Waals surface area contributed by atoms with E-state index in [0.29, 0.717) is 5.82 Å². The largest absolute Gasteiger partial charge is 0.383 e. The smallest absolute Gasteiger partial charge is 0.128 e. The summed E-state index contributed by atoms with van der Waals surface area (Å²) in [4.78, 5) is 6.74. The number of morpholine rings is 1. The maximum Gasteiger partial charge on any atom is 0.128 e. The first kappa shape index (κ1) is 16.2. The number of nitrogens with one attached hydrogen (secondary N) is 1. The average Bonchev–Trinajstić information content (AvgIpc) is 2.50. The Morgan fingerprint density at radius 3 is 2.76 bits per heavy atom. The van der Waals surface area contributed by atoms with Crippen molar-refractivity contribution in [3.8, 4) is 0 Å². The van der Waals surface area contributed by atoms with Gasteiger partial charge in [-0.05, 0) is 32.9 Å². The fourth-order valence-corrected chi connectivity index (χ4v) is 3.03. The van der Waals surface area contributed by atoms with Gasteiger partial charge in [-0.1, -0.05) is 13.0 Å². The predicted molar refractivity (Wildman–Crippen MR) is 86.2 cm³/mol. The molecule has 0 saturated carbocycles. The van der Waals surface area contributed by atoms with E-state index in [1.54, 1.807) is 6.20 Å². The van der Waals surface area contributed by atoms with Gasteiger partial charge in [-0.2, -0.15) is 0 Å². The SMILES string of the molecule is CCCNC(c1cccnc1N)C(C)(C)N1CCOCC1. The maximum atomic E-state index is 6.13. The minimum Gasteiger partial charge on any atom is -0.383 e. The lowest BCUT2D eigenvalue weighted by molar-refractivity contribution is -0.0237. The van der Waals surface area contributed by atoms with Crippen LogP contribution in [0.5, 0.6) is 0 Å². The second-order valence-electron chi connectivity index (χ2n) is 6.12. The highest BCUT2D eigenvalue weighted by Crippen LogP contribution is 2.33. The van der Waals surface area contributed by atoms with Gasteiger partial charge in [0.1, 0.15) is 5.82 Å². The van der Waals surface area contributed by atoms with Crippen molar-refractivity contribution in [2.45, 2.75) is 38.8 Å². The molecule has 1 aromatic heterocycles. The Hall–Kier alpha value is -1.17. The van der Waals surface area contributed by atoms with Crippen LogP contribution in [0.4, 0.5) is 5.82 Å². The molecule has 0 bridgehead atoms. The van der Waals surface area contributed by atoms with Crippen LogP contribution in [0.1, 0.15) is 38.8 Å². The standard InChI is InChI=1S/C16H28N4O/c1-4-7-18-14(13-6-5-8-19-15(13)17)16(2,3)20-9-11-21-12-10-20/h5-6,8,14,18H,4,7,9-12H2,1-3H3,(H2,17,19). The van der Waals surface area contributed by atoms with Gasteiger partial charge in [0, 0.05) is 30.4 Å². The van der Waals surface area contributed by atoms with E-state index in [2.05, 4.69) is 42.0 Å². The van der Waals surface area contributed by atoms with Crippen molar-refractivity contribution >= 4 is 5.82 Å². The summed E-state index contributed by atoms with van der Waals surface area (Å²) in [6.45, 7) is 11.2. The second-order valence-corrected chi connectivity index (χ2v) is 6.12. The van der Waals surface area contributed by atoms with Crippen molar-refractivity contribution in [1.82, 2.24) is 15.2 Å². The summed E-state index contributed by atoms with van der Waals surface area (Å²) in [7, 11) is 0. The number of hydrogen-bond donors (Lipinski definition) is 2. The third-order valence-corrected chi connectivity index (χ3v) is 4.31. The zero-order chi connectivity index (χ0) is 15.3. The maximum absolute atomic E-state index is 6.13. The van der Waals surface area contributed by atoms with E-state index in [4.69, 9.17) is 10.5 Å². The summed E-state index contributed by atoms with van der Waals surface area (Å²) in [5, 5.41) is 3.66. The quantitative estimate of drug-likeness (QED) is 0.837. The molecular formula is C16H28N4O. The number of nitrogens with two attached hydrogens (primary N) is 1. The first-order valence-electron chi connectivity index (χ1n) is 7.84. The zero-order valence-electron chi connectivity index (χ0n) is 13.4. The van der Waals surface area contributed by atoms with E-state index in [1.165, 1.54) is 0 Å². The highest BCUT2D eigenvalue weighted by Gasteiger charge is 2.37. The zero-order valence-corrected chi connectivity index (χ0v) is 13.4. The third kappa shape index (κ3) is 3.73. The number of pyridine rings is 1. The predicted octanol–water partition coefficient (Wildman–Crippen LogP) is 1.82. The number of hydrogen-bond acceptors (Lipinski definition) is 5. The van der Waals surface area contributed by atoms with Crippen molar-refractivity contribution < 1.29 is 4.74 Å². The van der Waals surface area contributed by atoms with Gasteiger partial charge in [-0.15, -0.1) is 0 Å². The second kappa shape index (κ2) is 7.20. The van der Waals surface area contributed by atoms with Gasteiger partial charge in [0.25, 0.3) is 0 Å². The van der Waals surface area contributed by atoms with E-state index >= 15 is 0 Å². The number of aromatic nitrogens is 1. The molecule has 1 aromatic rings. The highest BCUT2D eigenvalue weighted by molar-refractivity contribution is 5.42. The van der Waals surface area contributed by atoms with Gasteiger partial charge in [-0.3, -0.25) is 4.90 Å². The average molecular weight is 292 g/mol. The molecule has 0 radical (unpaired) electrons. The molecule has 5 nitrogen and oxygen atoms in total. The fourth-order valence-electron chi connectivity index (χ4n) is 3.03. The molecule has 1 atom stereocenters. The molecule has 0 spiro atoms. The molecule has 5 heteroatoms. The molecule has 3 N–H and O–H groups in total. The summed E-state index contributed by atoms with van der Waals surface area (Å²) in [5.41, 5.74) is 7.17. The van der Waals surface area contributed by atoms with Crippen LogP contribution in [-0.2, 0) is 4.74 Å². The lowest BCUT2D eigenvalue weighted by Crippen LogP contribution is -2.56. The first-order chi connectivity index (χ1) is 10.1. The number of ether oxygens (including phenoxy) is 1. The van der Waals surface area contributed by atoms with Crippen LogP contribution >= 0.6 is 0 Å². The van der Waals surface area contributed by atoms with Gasteiger partial charge >= 0.3 is 0 Å². The Balaban J connectivity index is 2.27. The molecule has 118 valence electrons. The van der Waals surface area contributed by atoms with Gasteiger partial charge < -0.3 is 15.8 Å². The van der Waals surface area contributed by atoms with Crippen LogP contribution < -0.4 is 11.1 Å². The van der Waals surface area contributed by atoms with Crippen molar-refractivity contribution in [2.75, 3.05) is 38.6 Å². The number of anilines is 1. The molecule has 1 aliphatic rings. The van der Waals surface area contributed by atoms with Crippen LogP contribution in [0, 0.1) is 0 Å². The minimum absolute atomic E-state index is 0.0455. The lowest BCUT2D eigenvalue weighted by Gasteiger charge is -2.46. The molecule has 21 heavy (non-hydrogen) atoms. The normalized spacial score (nSPS) is 18.6. The minimum atomic E-state index is -0.0455. The van der Waals surface area contributed by atoms with Crippen molar-refractivity contribution in [2.24, 2.45) is 0 Å². The van der Waals surface area contributed by atoms with Crippen molar-refractivity contribution in [3.63, 3.8) is 0 Å².